The lowest BCUT2D eigenvalue weighted by molar-refractivity contribution is 0.0292. The van der Waals surface area contributed by atoms with Crippen LogP contribution in [0, 0.1) is 0 Å². The van der Waals surface area contributed by atoms with Crippen LogP contribution in [-0.2, 0) is 4.74 Å². The SMILES string of the molecule is CC(C)(C)OC(=O)N1CC[C@@H](c2nc3c([nH]2)c(N)nc2cc(Br)ccc23)C1. The number of aromatic amines is 1. The third kappa shape index (κ3) is 3.45. The maximum absolute atomic E-state index is 12.3. The molecule has 3 aromatic rings. The van der Waals surface area contributed by atoms with Crippen LogP contribution in [-0.4, -0.2) is 44.6 Å². The van der Waals surface area contributed by atoms with Crippen molar-refractivity contribution in [2.24, 2.45) is 0 Å². The highest BCUT2D eigenvalue weighted by molar-refractivity contribution is 9.10. The molecule has 1 amide bonds. The number of nitrogen functional groups attached to an aromatic ring is 1. The number of imidazole rings is 1. The summed E-state index contributed by atoms with van der Waals surface area (Å²) in [5.74, 6) is 1.38. The summed E-state index contributed by atoms with van der Waals surface area (Å²) in [7, 11) is 0. The van der Waals surface area contributed by atoms with Gasteiger partial charge >= 0.3 is 6.09 Å². The molecule has 142 valence electrons. The van der Waals surface area contributed by atoms with E-state index in [-0.39, 0.29) is 12.0 Å². The number of halogens is 1. The Hall–Kier alpha value is -2.35. The number of carbonyl (C=O) groups is 1. The standard InChI is InChI=1S/C19H22BrN5O2/c1-19(2,3)27-18(26)25-7-6-10(9-25)17-23-14-12-5-4-11(20)8-13(12)22-16(21)15(14)24-17/h4-5,8,10H,6-7,9H2,1-3H3,(H2,21,22)(H,23,24)/t10-/m1/s1. The molecule has 8 heteroatoms. The van der Waals surface area contributed by atoms with Crippen molar-refractivity contribution in [1.29, 1.82) is 0 Å². The van der Waals surface area contributed by atoms with Crippen molar-refractivity contribution in [3.8, 4) is 0 Å². The molecule has 3 heterocycles. The predicted octanol–water partition coefficient (Wildman–Crippen LogP) is 4.18. The number of likely N-dealkylation sites (tertiary alicyclic amines) is 1. The molecule has 0 bridgehead atoms. The van der Waals surface area contributed by atoms with Crippen molar-refractivity contribution >= 4 is 49.8 Å². The number of nitrogens with two attached hydrogens (primary N) is 1. The fraction of sp³-hybridized carbons (Fsp3) is 0.421. The Labute approximate surface area is 165 Å². The number of aromatic nitrogens is 3. The monoisotopic (exact) mass is 431 g/mol. The molecule has 4 rings (SSSR count). The van der Waals surface area contributed by atoms with E-state index in [1.165, 1.54) is 0 Å². The summed E-state index contributed by atoms with van der Waals surface area (Å²) >= 11 is 3.46. The molecule has 1 aliphatic rings. The summed E-state index contributed by atoms with van der Waals surface area (Å²) in [4.78, 5) is 26.7. The molecule has 0 radical (unpaired) electrons. The zero-order chi connectivity index (χ0) is 19.3. The van der Waals surface area contributed by atoms with Gasteiger partial charge in [-0.25, -0.2) is 14.8 Å². The Morgan fingerprint density at radius 3 is 2.89 bits per heavy atom. The number of ether oxygens (including phenoxy) is 1. The van der Waals surface area contributed by atoms with Gasteiger partial charge in [-0.2, -0.15) is 0 Å². The summed E-state index contributed by atoms with van der Waals surface area (Å²) < 4.78 is 6.42. The lowest BCUT2D eigenvalue weighted by Crippen LogP contribution is -2.35. The Bertz CT molecular complexity index is 1040. The van der Waals surface area contributed by atoms with Gasteiger partial charge in [-0.05, 0) is 45.4 Å². The van der Waals surface area contributed by atoms with Gasteiger partial charge in [0.25, 0.3) is 0 Å². The van der Waals surface area contributed by atoms with E-state index in [1.54, 1.807) is 4.90 Å². The van der Waals surface area contributed by atoms with E-state index < -0.39 is 5.60 Å². The van der Waals surface area contributed by atoms with Gasteiger partial charge in [0, 0.05) is 28.9 Å². The molecule has 0 aliphatic carbocycles. The molecule has 1 saturated heterocycles. The van der Waals surface area contributed by atoms with Gasteiger partial charge in [0.1, 0.15) is 28.3 Å². The number of rotatable bonds is 1. The molecular formula is C19H22BrN5O2. The van der Waals surface area contributed by atoms with E-state index in [4.69, 9.17) is 15.5 Å². The van der Waals surface area contributed by atoms with Crippen molar-refractivity contribution in [3.05, 3.63) is 28.5 Å². The number of H-pyrrole nitrogens is 1. The predicted molar refractivity (Wildman–Crippen MR) is 109 cm³/mol. The lowest BCUT2D eigenvalue weighted by atomic mass is 10.1. The second-order valence-corrected chi connectivity index (χ2v) is 8.83. The Morgan fingerprint density at radius 2 is 2.15 bits per heavy atom. The van der Waals surface area contributed by atoms with Gasteiger partial charge in [0.15, 0.2) is 0 Å². The highest BCUT2D eigenvalue weighted by Gasteiger charge is 2.32. The number of fused-ring (bicyclic) bond motifs is 3. The van der Waals surface area contributed by atoms with Crippen LogP contribution < -0.4 is 5.73 Å². The van der Waals surface area contributed by atoms with Gasteiger partial charge in [-0.3, -0.25) is 0 Å². The smallest absolute Gasteiger partial charge is 0.410 e. The second kappa shape index (κ2) is 6.37. The molecule has 27 heavy (non-hydrogen) atoms. The molecule has 0 unspecified atom stereocenters. The number of hydrogen-bond donors (Lipinski definition) is 2. The largest absolute Gasteiger partial charge is 0.444 e. The third-order valence-electron chi connectivity index (χ3n) is 4.66. The topological polar surface area (TPSA) is 97.1 Å². The van der Waals surface area contributed by atoms with Gasteiger partial charge in [0.2, 0.25) is 0 Å². The van der Waals surface area contributed by atoms with Gasteiger partial charge in [0.05, 0.1) is 5.52 Å². The highest BCUT2D eigenvalue weighted by atomic mass is 79.9. The third-order valence-corrected chi connectivity index (χ3v) is 5.15. The van der Waals surface area contributed by atoms with Crippen molar-refractivity contribution in [3.63, 3.8) is 0 Å². The lowest BCUT2D eigenvalue weighted by Gasteiger charge is -2.24. The first-order valence-electron chi connectivity index (χ1n) is 8.93. The van der Waals surface area contributed by atoms with Crippen molar-refractivity contribution < 1.29 is 9.53 Å². The number of nitrogens with zero attached hydrogens (tertiary/aromatic N) is 3. The number of benzene rings is 1. The van der Waals surface area contributed by atoms with Crippen LogP contribution >= 0.6 is 15.9 Å². The summed E-state index contributed by atoms with van der Waals surface area (Å²) in [6.45, 7) is 6.84. The van der Waals surface area contributed by atoms with Gasteiger partial charge in [-0.1, -0.05) is 15.9 Å². The molecule has 1 atom stereocenters. The van der Waals surface area contributed by atoms with Gasteiger partial charge in [-0.15, -0.1) is 0 Å². The summed E-state index contributed by atoms with van der Waals surface area (Å²) in [6.07, 6.45) is 0.549. The fourth-order valence-corrected chi connectivity index (χ4v) is 3.77. The molecular weight excluding hydrogens is 410 g/mol. The molecule has 1 aliphatic heterocycles. The number of hydrogen-bond acceptors (Lipinski definition) is 5. The molecule has 1 aromatic carbocycles. The Kier molecular flexibility index (Phi) is 4.25. The quantitative estimate of drug-likeness (QED) is 0.601. The number of amides is 1. The summed E-state index contributed by atoms with van der Waals surface area (Å²) in [6, 6.07) is 5.88. The number of anilines is 1. The first kappa shape index (κ1) is 18.0. The molecule has 0 saturated carbocycles. The van der Waals surface area contributed by atoms with Crippen molar-refractivity contribution in [2.45, 2.75) is 38.7 Å². The molecule has 3 N–H and O–H groups in total. The van der Waals surface area contributed by atoms with E-state index in [9.17, 15) is 4.79 Å². The Balaban J connectivity index is 1.64. The molecule has 7 nitrogen and oxygen atoms in total. The van der Waals surface area contributed by atoms with Gasteiger partial charge < -0.3 is 20.4 Å². The fourth-order valence-electron chi connectivity index (χ4n) is 3.42. The second-order valence-electron chi connectivity index (χ2n) is 7.92. The summed E-state index contributed by atoms with van der Waals surface area (Å²) in [5.41, 5.74) is 8.01. The van der Waals surface area contributed by atoms with Crippen LogP contribution in [0.2, 0.25) is 0 Å². The van der Waals surface area contributed by atoms with E-state index in [1.807, 2.05) is 39.0 Å². The van der Waals surface area contributed by atoms with Crippen LogP contribution in [0.25, 0.3) is 21.9 Å². The highest BCUT2D eigenvalue weighted by Crippen LogP contribution is 2.32. The van der Waals surface area contributed by atoms with E-state index >= 15 is 0 Å². The number of carbonyl (C=O) groups excluding carboxylic acids is 1. The van der Waals surface area contributed by atoms with E-state index in [0.29, 0.717) is 18.9 Å². The van der Waals surface area contributed by atoms with Crippen LogP contribution in [0.5, 0.6) is 0 Å². The maximum Gasteiger partial charge on any atom is 0.410 e. The molecule has 2 aromatic heterocycles. The summed E-state index contributed by atoms with van der Waals surface area (Å²) in [5, 5.41) is 0.951. The van der Waals surface area contributed by atoms with E-state index in [0.717, 1.165) is 38.7 Å². The normalized spacial score (nSPS) is 17.8. The minimum absolute atomic E-state index is 0.120. The zero-order valence-electron chi connectivity index (χ0n) is 15.5. The number of nitrogens with one attached hydrogen (secondary N) is 1. The Morgan fingerprint density at radius 1 is 1.37 bits per heavy atom. The maximum atomic E-state index is 12.3. The minimum Gasteiger partial charge on any atom is -0.444 e. The zero-order valence-corrected chi connectivity index (χ0v) is 17.1. The van der Waals surface area contributed by atoms with Crippen molar-refractivity contribution in [1.82, 2.24) is 19.9 Å². The molecule has 1 fully saturated rings. The van der Waals surface area contributed by atoms with Crippen LogP contribution in [0.1, 0.15) is 38.9 Å². The van der Waals surface area contributed by atoms with Crippen LogP contribution in [0.4, 0.5) is 10.6 Å². The average Bonchev–Trinajstić information content (AvgIpc) is 3.20. The van der Waals surface area contributed by atoms with Crippen molar-refractivity contribution in [2.75, 3.05) is 18.8 Å². The molecule has 0 spiro atoms. The average molecular weight is 432 g/mol. The van der Waals surface area contributed by atoms with Crippen LogP contribution in [0.3, 0.4) is 0 Å². The first-order chi connectivity index (χ1) is 12.7. The first-order valence-corrected chi connectivity index (χ1v) is 9.73. The van der Waals surface area contributed by atoms with Crippen LogP contribution in [0.15, 0.2) is 22.7 Å². The minimum atomic E-state index is -0.498. The van der Waals surface area contributed by atoms with E-state index in [2.05, 4.69) is 25.9 Å². The number of pyridine rings is 1.